The summed E-state index contributed by atoms with van der Waals surface area (Å²) in [6.45, 7) is 6.94. The number of rotatable bonds is 6. The van der Waals surface area contributed by atoms with E-state index < -0.39 is 12.0 Å². The molecule has 0 saturated carbocycles. The van der Waals surface area contributed by atoms with Crippen LogP contribution in [0, 0.1) is 5.92 Å². The number of ether oxygens (including phenoxy) is 1. The fraction of sp³-hybridized carbons (Fsp3) is 0.800. The van der Waals surface area contributed by atoms with E-state index in [0.29, 0.717) is 0 Å². The maximum atomic E-state index is 11.1. The summed E-state index contributed by atoms with van der Waals surface area (Å²) in [5, 5.41) is 11.6. The van der Waals surface area contributed by atoms with Gasteiger partial charge < -0.3 is 9.84 Å². The molecule has 5 nitrogen and oxygen atoms in total. The van der Waals surface area contributed by atoms with Gasteiger partial charge >= 0.3 is 11.9 Å². The first-order valence-corrected chi connectivity index (χ1v) is 5.00. The summed E-state index contributed by atoms with van der Waals surface area (Å²) >= 11 is 0. The number of hydrogen-bond donors (Lipinski definition) is 2. The molecule has 0 amide bonds. The first kappa shape index (κ1) is 13.9. The molecule has 0 bridgehead atoms. The van der Waals surface area contributed by atoms with Gasteiger partial charge in [0.15, 0.2) is 0 Å². The zero-order valence-electron chi connectivity index (χ0n) is 9.61. The van der Waals surface area contributed by atoms with Crippen molar-refractivity contribution < 1.29 is 19.4 Å². The molecule has 15 heavy (non-hydrogen) atoms. The second kappa shape index (κ2) is 6.40. The van der Waals surface area contributed by atoms with E-state index >= 15 is 0 Å². The highest BCUT2D eigenvalue weighted by Gasteiger charge is 2.20. The van der Waals surface area contributed by atoms with Crippen LogP contribution in [0.4, 0.5) is 0 Å². The highest BCUT2D eigenvalue weighted by atomic mass is 16.5. The summed E-state index contributed by atoms with van der Waals surface area (Å²) in [4.78, 5) is 21.9. The standard InChI is InChI=1S/C10H19NO4/c1-6(2)10(14)15-5-8(9(12)13)11-7(3)4/h6-8,11H,5H2,1-4H3,(H,12,13)/t8-/m0/s1. The van der Waals surface area contributed by atoms with Crippen LogP contribution in [0.25, 0.3) is 0 Å². The lowest BCUT2D eigenvalue weighted by Gasteiger charge is -2.17. The molecule has 1 atom stereocenters. The lowest BCUT2D eigenvalue weighted by molar-refractivity contribution is -0.151. The summed E-state index contributed by atoms with van der Waals surface area (Å²) in [6, 6.07) is -0.809. The molecular formula is C10H19NO4. The van der Waals surface area contributed by atoms with E-state index in [4.69, 9.17) is 9.84 Å². The Morgan fingerprint density at radius 3 is 2.13 bits per heavy atom. The second-order valence-corrected chi connectivity index (χ2v) is 4.00. The van der Waals surface area contributed by atoms with E-state index in [0.717, 1.165) is 0 Å². The average molecular weight is 217 g/mol. The minimum atomic E-state index is -1.01. The summed E-state index contributed by atoms with van der Waals surface area (Å²) in [6.07, 6.45) is 0. The zero-order valence-corrected chi connectivity index (χ0v) is 9.61. The van der Waals surface area contributed by atoms with Gasteiger partial charge in [-0.15, -0.1) is 0 Å². The van der Waals surface area contributed by atoms with E-state index in [1.165, 1.54) is 0 Å². The van der Waals surface area contributed by atoms with Gasteiger partial charge in [-0.2, -0.15) is 0 Å². The van der Waals surface area contributed by atoms with Crippen LogP contribution in [-0.4, -0.2) is 35.7 Å². The van der Waals surface area contributed by atoms with Crippen molar-refractivity contribution in [1.82, 2.24) is 5.32 Å². The third-order valence-corrected chi connectivity index (χ3v) is 1.70. The summed E-state index contributed by atoms with van der Waals surface area (Å²) in [5.74, 6) is -1.63. The number of nitrogens with one attached hydrogen (secondary N) is 1. The molecule has 0 rings (SSSR count). The topological polar surface area (TPSA) is 75.6 Å². The highest BCUT2D eigenvalue weighted by molar-refractivity contribution is 5.75. The molecule has 2 N–H and O–H groups in total. The summed E-state index contributed by atoms with van der Waals surface area (Å²) < 4.78 is 4.85. The fourth-order valence-electron chi connectivity index (χ4n) is 0.925. The van der Waals surface area contributed by atoms with Crippen molar-refractivity contribution in [2.75, 3.05) is 6.61 Å². The van der Waals surface area contributed by atoms with Crippen molar-refractivity contribution >= 4 is 11.9 Å². The first-order chi connectivity index (χ1) is 6.84. The maximum absolute atomic E-state index is 11.1. The predicted octanol–water partition coefficient (Wildman–Crippen LogP) is 0.637. The molecule has 0 aromatic rings. The van der Waals surface area contributed by atoms with Crippen molar-refractivity contribution in [1.29, 1.82) is 0 Å². The molecule has 0 radical (unpaired) electrons. The number of carboxylic acid groups (broad SMARTS) is 1. The van der Waals surface area contributed by atoms with Crippen LogP contribution in [0.15, 0.2) is 0 Å². The van der Waals surface area contributed by atoms with Gasteiger partial charge in [-0.1, -0.05) is 27.7 Å². The molecule has 0 aliphatic carbocycles. The lowest BCUT2D eigenvalue weighted by atomic mass is 10.2. The zero-order chi connectivity index (χ0) is 12.0. The van der Waals surface area contributed by atoms with Gasteiger partial charge in [-0.25, -0.2) is 0 Å². The number of hydrogen-bond acceptors (Lipinski definition) is 4. The van der Waals surface area contributed by atoms with Crippen LogP contribution in [0.3, 0.4) is 0 Å². The number of carbonyl (C=O) groups is 2. The molecule has 0 unspecified atom stereocenters. The van der Waals surface area contributed by atoms with E-state index in [2.05, 4.69) is 5.32 Å². The largest absolute Gasteiger partial charge is 0.480 e. The molecule has 0 aliphatic rings. The monoisotopic (exact) mass is 217 g/mol. The molecular weight excluding hydrogens is 198 g/mol. The number of esters is 1. The minimum absolute atomic E-state index is 0.0313. The third kappa shape index (κ3) is 6.06. The van der Waals surface area contributed by atoms with E-state index in [9.17, 15) is 9.59 Å². The van der Waals surface area contributed by atoms with Crippen LogP contribution in [0.2, 0.25) is 0 Å². The second-order valence-electron chi connectivity index (χ2n) is 4.00. The van der Waals surface area contributed by atoms with E-state index in [1.54, 1.807) is 13.8 Å². The first-order valence-electron chi connectivity index (χ1n) is 5.00. The highest BCUT2D eigenvalue weighted by Crippen LogP contribution is 1.98. The van der Waals surface area contributed by atoms with Gasteiger partial charge in [0, 0.05) is 6.04 Å². The number of carboxylic acids is 1. The van der Waals surface area contributed by atoms with Gasteiger partial charge in [0.1, 0.15) is 12.6 Å². The van der Waals surface area contributed by atoms with Crippen molar-refractivity contribution in [3.05, 3.63) is 0 Å². The molecule has 0 spiro atoms. The quantitative estimate of drug-likeness (QED) is 0.638. The van der Waals surface area contributed by atoms with Crippen LogP contribution in [0.5, 0.6) is 0 Å². The van der Waals surface area contributed by atoms with Crippen molar-refractivity contribution in [2.45, 2.75) is 39.8 Å². The minimum Gasteiger partial charge on any atom is -0.480 e. The van der Waals surface area contributed by atoms with Crippen molar-refractivity contribution in [3.63, 3.8) is 0 Å². The maximum Gasteiger partial charge on any atom is 0.324 e. The fourth-order valence-corrected chi connectivity index (χ4v) is 0.925. The Balaban J connectivity index is 4.07. The Hall–Kier alpha value is -1.10. The molecule has 88 valence electrons. The Bertz CT molecular complexity index is 225. The van der Waals surface area contributed by atoms with Crippen LogP contribution in [-0.2, 0) is 14.3 Å². The molecule has 0 aromatic heterocycles. The van der Waals surface area contributed by atoms with Gasteiger partial charge in [0.2, 0.25) is 0 Å². The molecule has 0 aliphatic heterocycles. The molecule has 0 aromatic carbocycles. The van der Waals surface area contributed by atoms with Gasteiger partial charge in [-0.05, 0) is 0 Å². The summed E-state index contributed by atoms with van der Waals surface area (Å²) in [7, 11) is 0. The van der Waals surface area contributed by atoms with Crippen LogP contribution < -0.4 is 5.32 Å². The van der Waals surface area contributed by atoms with Gasteiger partial charge in [0.25, 0.3) is 0 Å². The smallest absolute Gasteiger partial charge is 0.324 e. The lowest BCUT2D eigenvalue weighted by Crippen LogP contribution is -2.44. The molecule has 5 heteroatoms. The van der Waals surface area contributed by atoms with Gasteiger partial charge in [0.05, 0.1) is 5.92 Å². The normalized spacial score (nSPS) is 12.9. The van der Waals surface area contributed by atoms with Crippen molar-refractivity contribution in [3.8, 4) is 0 Å². The predicted molar refractivity (Wildman–Crippen MR) is 55.5 cm³/mol. The Kier molecular flexibility index (Phi) is 5.93. The molecule has 0 fully saturated rings. The van der Waals surface area contributed by atoms with E-state index in [1.807, 2.05) is 13.8 Å². The van der Waals surface area contributed by atoms with E-state index in [-0.39, 0.29) is 24.5 Å². The number of carbonyl (C=O) groups excluding carboxylic acids is 1. The molecule has 0 saturated heterocycles. The Morgan fingerprint density at radius 2 is 1.80 bits per heavy atom. The molecule has 0 heterocycles. The summed E-state index contributed by atoms with van der Waals surface area (Å²) in [5.41, 5.74) is 0. The van der Waals surface area contributed by atoms with Crippen LogP contribution >= 0.6 is 0 Å². The SMILES string of the molecule is CC(C)N[C@@H](COC(=O)C(C)C)C(=O)O. The number of aliphatic carboxylic acids is 1. The van der Waals surface area contributed by atoms with Gasteiger partial charge in [-0.3, -0.25) is 14.9 Å². The Labute approximate surface area is 89.8 Å². The Morgan fingerprint density at radius 1 is 1.27 bits per heavy atom. The third-order valence-electron chi connectivity index (χ3n) is 1.70. The average Bonchev–Trinajstić information content (AvgIpc) is 2.10. The van der Waals surface area contributed by atoms with Crippen molar-refractivity contribution in [2.24, 2.45) is 5.92 Å². The van der Waals surface area contributed by atoms with Crippen LogP contribution in [0.1, 0.15) is 27.7 Å².